The van der Waals surface area contributed by atoms with Gasteiger partial charge in [0.25, 0.3) is 0 Å². The fourth-order valence-electron chi connectivity index (χ4n) is 2.74. The molecule has 0 aromatic heterocycles. The minimum absolute atomic E-state index is 0.247. The molecule has 2 nitrogen and oxygen atoms in total. The van der Waals surface area contributed by atoms with E-state index in [0.717, 1.165) is 0 Å². The third kappa shape index (κ3) is 0.621. The first-order chi connectivity index (χ1) is 5.39. The molecule has 0 spiro atoms. The molecule has 0 bridgehead atoms. The second kappa shape index (κ2) is 1.81. The molecule has 0 radical (unpaired) electrons. The number of Topliss-reactive ketones (excluding diaryl/α,β-unsaturated/α-hetero) is 2. The van der Waals surface area contributed by atoms with Crippen molar-refractivity contribution in [3.8, 4) is 0 Å². The summed E-state index contributed by atoms with van der Waals surface area (Å²) in [4.78, 5) is 22.9. The van der Waals surface area contributed by atoms with Crippen LogP contribution in [0.15, 0.2) is 0 Å². The normalized spacial score (nSPS) is 44.1. The number of rotatable bonds is 0. The van der Waals surface area contributed by atoms with Crippen molar-refractivity contribution in [2.24, 2.45) is 16.7 Å². The van der Waals surface area contributed by atoms with E-state index in [9.17, 15) is 9.59 Å². The summed E-state index contributed by atoms with van der Waals surface area (Å²) in [6.07, 6.45) is 1.10. The summed E-state index contributed by atoms with van der Waals surface area (Å²) >= 11 is 0. The van der Waals surface area contributed by atoms with Crippen LogP contribution >= 0.6 is 0 Å². The Morgan fingerprint density at radius 2 is 1.75 bits per heavy atom. The Balaban J connectivity index is 2.40. The molecule has 66 valence electrons. The van der Waals surface area contributed by atoms with Crippen molar-refractivity contribution in [2.75, 3.05) is 0 Å². The van der Waals surface area contributed by atoms with E-state index in [1.807, 2.05) is 20.8 Å². The highest BCUT2D eigenvalue weighted by Crippen LogP contribution is 2.60. The van der Waals surface area contributed by atoms with Crippen molar-refractivity contribution < 1.29 is 9.59 Å². The molecule has 0 aliphatic heterocycles. The van der Waals surface area contributed by atoms with Gasteiger partial charge in [0.2, 0.25) is 0 Å². The molecule has 0 saturated heterocycles. The molecule has 2 saturated carbocycles. The van der Waals surface area contributed by atoms with E-state index in [1.54, 1.807) is 0 Å². The molecule has 2 heteroatoms. The predicted molar refractivity (Wildman–Crippen MR) is 44.6 cm³/mol. The van der Waals surface area contributed by atoms with Crippen LogP contribution < -0.4 is 0 Å². The second-order valence-electron chi connectivity index (χ2n) is 4.92. The van der Waals surface area contributed by atoms with E-state index in [2.05, 4.69) is 0 Å². The maximum Gasteiger partial charge on any atom is 0.139 e. The Hall–Kier alpha value is -0.660. The van der Waals surface area contributed by atoms with E-state index in [1.165, 1.54) is 0 Å². The summed E-state index contributed by atoms with van der Waals surface area (Å²) in [6, 6.07) is 0. The Kier molecular flexibility index (Phi) is 1.20. The molecule has 0 amide bonds. The minimum atomic E-state index is -0.291. The van der Waals surface area contributed by atoms with Crippen molar-refractivity contribution in [3.05, 3.63) is 0 Å². The van der Waals surface area contributed by atoms with Gasteiger partial charge in [-0.2, -0.15) is 0 Å². The first kappa shape index (κ1) is 7.96. The lowest BCUT2D eigenvalue weighted by Gasteiger charge is -2.44. The van der Waals surface area contributed by atoms with Crippen molar-refractivity contribution in [1.82, 2.24) is 0 Å². The van der Waals surface area contributed by atoms with Gasteiger partial charge in [0, 0.05) is 23.7 Å². The average molecular weight is 166 g/mol. The van der Waals surface area contributed by atoms with Gasteiger partial charge in [0.1, 0.15) is 11.6 Å². The Morgan fingerprint density at radius 3 is 2.08 bits per heavy atom. The lowest BCUT2D eigenvalue weighted by atomic mass is 9.57. The maximum absolute atomic E-state index is 11.6. The van der Waals surface area contributed by atoms with Crippen molar-refractivity contribution in [1.29, 1.82) is 0 Å². The zero-order valence-electron chi connectivity index (χ0n) is 7.81. The lowest BCUT2D eigenvalue weighted by Crippen LogP contribution is -2.48. The van der Waals surface area contributed by atoms with Gasteiger partial charge in [-0.3, -0.25) is 9.59 Å². The third-order valence-electron chi connectivity index (χ3n) is 3.91. The van der Waals surface area contributed by atoms with Crippen LogP contribution in [0.25, 0.3) is 0 Å². The maximum atomic E-state index is 11.6. The molecule has 12 heavy (non-hydrogen) atoms. The molecular weight excluding hydrogens is 152 g/mol. The van der Waals surface area contributed by atoms with Crippen LogP contribution in [0.3, 0.4) is 0 Å². The Bertz CT molecular complexity index is 278. The van der Waals surface area contributed by atoms with Gasteiger partial charge in [-0.15, -0.1) is 0 Å². The molecule has 2 atom stereocenters. The summed E-state index contributed by atoms with van der Waals surface area (Å²) in [5, 5.41) is 0. The number of ketones is 2. The van der Waals surface area contributed by atoms with E-state index in [0.29, 0.717) is 18.8 Å². The van der Waals surface area contributed by atoms with Crippen LogP contribution in [0.1, 0.15) is 33.6 Å². The van der Waals surface area contributed by atoms with Gasteiger partial charge < -0.3 is 0 Å². The van der Waals surface area contributed by atoms with Gasteiger partial charge >= 0.3 is 0 Å². The van der Waals surface area contributed by atoms with E-state index in [4.69, 9.17) is 0 Å². The standard InChI is InChI=1S/C10H14O2/c1-9(2)6-4-7(11)10(6,3)5-8(9)12/h6H,4-5H2,1-3H3/t6-,10+/m1/s1. The van der Waals surface area contributed by atoms with Gasteiger partial charge in [-0.25, -0.2) is 0 Å². The fraction of sp³-hybridized carbons (Fsp3) is 0.800. The number of hydrogen-bond donors (Lipinski definition) is 0. The largest absolute Gasteiger partial charge is 0.299 e. The average Bonchev–Trinajstić information content (AvgIpc) is 2.10. The summed E-state index contributed by atoms with van der Waals surface area (Å²) in [5.41, 5.74) is -0.538. The van der Waals surface area contributed by atoms with Crippen LogP contribution in [0, 0.1) is 16.7 Å². The van der Waals surface area contributed by atoms with E-state index >= 15 is 0 Å². The first-order valence-electron chi connectivity index (χ1n) is 4.45. The highest BCUT2D eigenvalue weighted by atomic mass is 16.1. The van der Waals surface area contributed by atoms with Crippen molar-refractivity contribution in [2.45, 2.75) is 33.6 Å². The zero-order valence-corrected chi connectivity index (χ0v) is 7.81. The Morgan fingerprint density at radius 1 is 1.17 bits per heavy atom. The predicted octanol–water partition coefficient (Wildman–Crippen LogP) is 1.58. The van der Waals surface area contributed by atoms with Crippen molar-refractivity contribution >= 4 is 11.6 Å². The molecule has 2 aliphatic carbocycles. The third-order valence-corrected chi connectivity index (χ3v) is 3.91. The van der Waals surface area contributed by atoms with Gasteiger partial charge in [-0.05, 0) is 5.92 Å². The summed E-state index contributed by atoms with van der Waals surface area (Å²) in [7, 11) is 0. The molecule has 2 rings (SSSR count). The molecule has 0 heterocycles. The second-order valence-corrected chi connectivity index (χ2v) is 4.92. The highest BCUT2D eigenvalue weighted by molar-refractivity contribution is 6.02. The smallest absolute Gasteiger partial charge is 0.139 e. The van der Waals surface area contributed by atoms with Gasteiger partial charge in [0.15, 0.2) is 0 Å². The number of hydrogen-bond acceptors (Lipinski definition) is 2. The molecular formula is C10H14O2. The van der Waals surface area contributed by atoms with Crippen LogP contribution in [0.2, 0.25) is 0 Å². The summed E-state index contributed by atoms with van der Waals surface area (Å²) in [6.45, 7) is 5.88. The quantitative estimate of drug-likeness (QED) is 0.547. The monoisotopic (exact) mass is 166 g/mol. The zero-order chi connectivity index (χ0) is 9.15. The van der Waals surface area contributed by atoms with Crippen molar-refractivity contribution in [3.63, 3.8) is 0 Å². The highest BCUT2D eigenvalue weighted by Gasteiger charge is 2.65. The first-order valence-corrected chi connectivity index (χ1v) is 4.45. The minimum Gasteiger partial charge on any atom is -0.299 e. The summed E-state index contributed by atoms with van der Waals surface area (Å²) < 4.78 is 0. The van der Waals surface area contributed by atoms with E-state index < -0.39 is 0 Å². The fourth-order valence-corrected chi connectivity index (χ4v) is 2.74. The van der Waals surface area contributed by atoms with Crippen LogP contribution in [-0.4, -0.2) is 11.6 Å². The van der Waals surface area contributed by atoms with E-state index in [-0.39, 0.29) is 22.4 Å². The topological polar surface area (TPSA) is 34.1 Å². The number of carbonyl (C=O) groups excluding carboxylic acids is 2. The summed E-state index contributed by atoms with van der Waals surface area (Å²) in [5.74, 6) is 0.859. The lowest BCUT2D eigenvalue weighted by molar-refractivity contribution is -0.145. The number of carbonyl (C=O) groups is 2. The van der Waals surface area contributed by atoms with Crippen LogP contribution in [-0.2, 0) is 9.59 Å². The molecule has 0 unspecified atom stereocenters. The van der Waals surface area contributed by atoms with Crippen LogP contribution in [0.4, 0.5) is 0 Å². The molecule has 0 aromatic carbocycles. The Labute approximate surface area is 72.3 Å². The van der Waals surface area contributed by atoms with Gasteiger partial charge in [-0.1, -0.05) is 20.8 Å². The molecule has 2 aliphatic rings. The molecule has 2 fully saturated rings. The SMILES string of the molecule is CC1(C)C(=O)C[C@]2(C)C(=O)C[C@H]12. The molecule has 0 N–H and O–H groups in total. The van der Waals surface area contributed by atoms with Crippen LogP contribution in [0.5, 0.6) is 0 Å². The molecule has 0 aromatic rings. The number of fused-ring (bicyclic) bond motifs is 1. The van der Waals surface area contributed by atoms with Gasteiger partial charge in [0.05, 0.1) is 0 Å².